The van der Waals surface area contributed by atoms with E-state index in [0.29, 0.717) is 17.8 Å². The van der Waals surface area contributed by atoms with Crippen LogP contribution in [0.15, 0.2) is 73.9 Å². The van der Waals surface area contributed by atoms with Gasteiger partial charge in [-0.15, -0.1) is 0 Å². The summed E-state index contributed by atoms with van der Waals surface area (Å²) in [4.78, 5) is 0. The van der Waals surface area contributed by atoms with E-state index in [1.807, 2.05) is 31.2 Å². The van der Waals surface area contributed by atoms with Crippen LogP contribution in [0.5, 0.6) is 0 Å². The highest BCUT2D eigenvalue weighted by atomic mass is 19.1. The van der Waals surface area contributed by atoms with E-state index >= 15 is 0 Å². The van der Waals surface area contributed by atoms with E-state index in [0.717, 1.165) is 16.7 Å². The number of nitrogens with one attached hydrogen (secondary N) is 1. The zero-order chi connectivity index (χ0) is 19.1. The van der Waals surface area contributed by atoms with Crippen LogP contribution in [-0.4, -0.2) is 0 Å². The third-order valence-electron chi connectivity index (χ3n) is 4.10. The van der Waals surface area contributed by atoms with Crippen molar-refractivity contribution in [1.82, 2.24) is 5.32 Å². The summed E-state index contributed by atoms with van der Waals surface area (Å²) in [5.41, 5.74) is 6.31. The van der Waals surface area contributed by atoms with Crippen LogP contribution in [0.3, 0.4) is 0 Å². The Morgan fingerprint density at radius 2 is 1.81 bits per heavy atom. The van der Waals surface area contributed by atoms with Crippen molar-refractivity contribution in [3.8, 4) is 0 Å². The van der Waals surface area contributed by atoms with Crippen molar-refractivity contribution >= 4 is 11.3 Å². The molecule has 2 aromatic carbocycles. The molecule has 2 heteroatoms. The topological polar surface area (TPSA) is 12.0 Å². The highest BCUT2D eigenvalue weighted by Gasteiger charge is 2.08. The van der Waals surface area contributed by atoms with Crippen molar-refractivity contribution in [2.75, 3.05) is 0 Å². The summed E-state index contributed by atoms with van der Waals surface area (Å²) in [7, 11) is 0. The average molecular weight is 347 g/mol. The Labute approximate surface area is 156 Å². The molecule has 2 rings (SSSR count). The second kappa shape index (κ2) is 9.00. The van der Waals surface area contributed by atoms with E-state index < -0.39 is 0 Å². The summed E-state index contributed by atoms with van der Waals surface area (Å²) in [5.74, 6) is -0.298. The smallest absolute Gasteiger partial charge is 0.133 e. The van der Waals surface area contributed by atoms with Gasteiger partial charge in [-0.1, -0.05) is 72.9 Å². The lowest BCUT2D eigenvalue weighted by atomic mass is 10.0. The van der Waals surface area contributed by atoms with Crippen molar-refractivity contribution in [2.45, 2.75) is 27.3 Å². The van der Waals surface area contributed by atoms with Gasteiger partial charge in [0.2, 0.25) is 0 Å². The first-order valence-corrected chi connectivity index (χ1v) is 8.70. The predicted molar refractivity (Wildman–Crippen MR) is 111 cm³/mol. The average Bonchev–Trinajstić information content (AvgIpc) is 2.59. The molecule has 1 N–H and O–H groups in total. The summed E-state index contributed by atoms with van der Waals surface area (Å²) >= 11 is 0. The molecule has 0 saturated carbocycles. The van der Waals surface area contributed by atoms with E-state index in [1.165, 1.54) is 17.2 Å². The molecule has 0 aliphatic rings. The molecule has 0 aromatic heterocycles. The number of benzene rings is 2. The first kappa shape index (κ1) is 19.5. The normalized spacial score (nSPS) is 11.6. The van der Waals surface area contributed by atoms with Crippen molar-refractivity contribution in [1.29, 1.82) is 0 Å². The fraction of sp³-hybridized carbons (Fsp3) is 0.167. The van der Waals surface area contributed by atoms with Crippen LogP contribution in [0.25, 0.3) is 11.3 Å². The molecule has 0 amide bonds. The molecule has 26 heavy (non-hydrogen) atoms. The quantitative estimate of drug-likeness (QED) is 0.576. The molecule has 0 aliphatic carbocycles. The van der Waals surface area contributed by atoms with Crippen LogP contribution in [-0.2, 0) is 6.54 Å². The molecular formula is C24H26FN. The Hall–Kier alpha value is -2.87. The van der Waals surface area contributed by atoms with Gasteiger partial charge in [-0.05, 0) is 49.6 Å². The summed E-state index contributed by atoms with van der Waals surface area (Å²) in [5, 5.41) is 3.23. The van der Waals surface area contributed by atoms with Crippen LogP contribution in [0.2, 0.25) is 0 Å². The maximum atomic E-state index is 14.6. The van der Waals surface area contributed by atoms with Gasteiger partial charge in [0.15, 0.2) is 0 Å². The summed E-state index contributed by atoms with van der Waals surface area (Å²) < 4.78 is 14.6. The van der Waals surface area contributed by atoms with Crippen LogP contribution in [0.1, 0.15) is 34.7 Å². The van der Waals surface area contributed by atoms with Crippen LogP contribution < -0.4 is 5.32 Å². The van der Waals surface area contributed by atoms with Gasteiger partial charge in [-0.2, -0.15) is 0 Å². The fourth-order valence-electron chi connectivity index (χ4n) is 2.90. The number of allylic oxidation sites excluding steroid dienone is 5. The van der Waals surface area contributed by atoms with Gasteiger partial charge in [0, 0.05) is 17.8 Å². The fourth-order valence-corrected chi connectivity index (χ4v) is 2.90. The van der Waals surface area contributed by atoms with Gasteiger partial charge in [0.1, 0.15) is 5.82 Å². The van der Waals surface area contributed by atoms with Crippen molar-refractivity contribution in [2.24, 2.45) is 0 Å². The highest BCUT2D eigenvalue weighted by molar-refractivity contribution is 5.76. The SMILES string of the molecule is C=C/C(=C\C=C/C)c1ccc(C(=C)NCc2cc(C)cc(C)c2)c(F)c1. The first-order chi connectivity index (χ1) is 12.4. The molecule has 134 valence electrons. The summed E-state index contributed by atoms with van der Waals surface area (Å²) in [6.07, 6.45) is 7.47. The van der Waals surface area contributed by atoms with Crippen molar-refractivity contribution < 1.29 is 4.39 Å². The largest absolute Gasteiger partial charge is 0.381 e. The number of rotatable bonds is 7. The van der Waals surface area contributed by atoms with E-state index in [1.54, 1.807) is 12.1 Å². The van der Waals surface area contributed by atoms with Gasteiger partial charge in [0.25, 0.3) is 0 Å². The maximum absolute atomic E-state index is 14.6. The molecule has 0 saturated heterocycles. The zero-order valence-electron chi connectivity index (χ0n) is 15.8. The van der Waals surface area contributed by atoms with Gasteiger partial charge >= 0.3 is 0 Å². The van der Waals surface area contributed by atoms with E-state index in [2.05, 4.69) is 50.5 Å². The van der Waals surface area contributed by atoms with Crippen molar-refractivity contribution in [3.05, 3.63) is 107 Å². The molecule has 0 unspecified atom stereocenters. The Morgan fingerprint density at radius 1 is 1.12 bits per heavy atom. The number of halogens is 1. The van der Waals surface area contributed by atoms with Gasteiger partial charge < -0.3 is 5.32 Å². The standard InChI is InChI=1S/C24H26FN/c1-6-8-9-21(7-2)22-10-11-23(24(25)15-22)19(5)26-16-20-13-17(3)12-18(4)14-20/h6-15,26H,2,5,16H2,1,3-4H3/b8-6-,21-9+. The predicted octanol–water partition coefficient (Wildman–Crippen LogP) is 6.35. The van der Waals surface area contributed by atoms with Crippen LogP contribution in [0, 0.1) is 19.7 Å². The molecule has 0 radical (unpaired) electrons. The Bertz CT molecular complexity index is 852. The zero-order valence-corrected chi connectivity index (χ0v) is 15.8. The Balaban J connectivity index is 2.15. The maximum Gasteiger partial charge on any atom is 0.133 e. The van der Waals surface area contributed by atoms with E-state index in [4.69, 9.17) is 0 Å². The first-order valence-electron chi connectivity index (χ1n) is 8.70. The molecular weight excluding hydrogens is 321 g/mol. The minimum Gasteiger partial charge on any atom is -0.381 e. The lowest BCUT2D eigenvalue weighted by Gasteiger charge is -2.13. The molecule has 0 bridgehead atoms. The van der Waals surface area contributed by atoms with Crippen LogP contribution in [0.4, 0.5) is 4.39 Å². The van der Waals surface area contributed by atoms with Gasteiger partial charge in [-0.3, -0.25) is 0 Å². The van der Waals surface area contributed by atoms with Gasteiger partial charge in [0.05, 0.1) is 0 Å². The molecule has 0 atom stereocenters. The number of hydrogen-bond donors (Lipinski definition) is 1. The molecule has 0 fully saturated rings. The minimum absolute atomic E-state index is 0.298. The minimum atomic E-state index is -0.298. The second-order valence-corrected chi connectivity index (χ2v) is 6.37. The molecule has 2 aromatic rings. The monoisotopic (exact) mass is 347 g/mol. The van der Waals surface area contributed by atoms with E-state index in [-0.39, 0.29) is 5.82 Å². The second-order valence-electron chi connectivity index (χ2n) is 6.37. The number of aryl methyl sites for hydroxylation is 2. The lowest BCUT2D eigenvalue weighted by molar-refractivity contribution is 0.621. The molecule has 0 aliphatic heterocycles. The number of hydrogen-bond acceptors (Lipinski definition) is 1. The molecule has 1 nitrogen and oxygen atoms in total. The summed E-state index contributed by atoms with van der Waals surface area (Å²) in [6.45, 7) is 14.5. The third-order valence-corrected chi connectivity index (χ3v) is 4.10. The van der Waals surface area contributed by atoms with Gasteiger partial charge in [-0.25, -0.2) is 4.39 Å². The lowest BCUT2D eigenvalue weighted by Crippen LogP contribution is -2.12. The summed E-state index contributed by atoms with van der Waals surface area (Å²) in [6, 6.07) is 11.5. The van der Waals surface area contributed by atoms with Crippen molar-refractivity contribution in [3.63, 3.8) is 0 Å². The highest BCUT2D eigenvalue weighted by Crippen LogP contribution is 2.22. The molecule has 0 spiro atoms. The third kappa shape index (κ3) is 5.06. The van der Waals surface area contributed by atoms with Crippen LogP contribution >= 0.6 is 0 Å². The Kier molecular flexibility index (Phi) is 6.74. The molecule has 0 heterocycles. The Morgan fingerprint density at radius 3 is 2.38 bits per heavy atom. The van der Waals surface area contributed by atoms with E-state index in [9.17, 15) is 4.39 Å².